The fraction of sp³-hybridized carbons (Fsp3) is 0.571. The Bertz CT molecular complexity index is 380. The molecular weight excluding hydrogens is 228 g/mol. The molecule has 0 aromatic heterocycles. The molecule has 4 nitrogen and oxygen atoms in total. The van der Waals surface area contributed by atoms with Gasteiger partial charge in [-0.3, -0.25) is 0 Å². The predicted molar refractivity (Wildman–Crippen MR) is 72.0 cm³/mol. The van der Waals surface area contributed by atoms with E-state index in [2.05, 4.69) is 17.4 Å². The van der Waals surface area contributed by atoms with Gasteiger partial charge in [0.2, 0.25) is 6.79 Å². The van der Waals surface area contributed by atoms with Gasteiger partial charge in [-0.2, -0.15) is 0 Å². The van der Waals surface area contributed by atoms with E-state index in [-0.39, 0.29) is 0 Å². The molecule has 100 valence electrons. The summed E-state index contributed by atoms with van der Waals surface area (Å²) in [5.74, 6) is 1.72. The lowest BCUT2D eigenvalue weighted by atomic mass is 10.1. The molecule has 0 saturated heterocycles. The minimum atomic E-state index is 0.306. The molecule has 1 unspecified atom stereocenters. The lowest BCUT2D eigenvalue weighted by Gasteiger charge is -2.07. The Labute approximate surface area is 108 Å². The largest absolute Gasteiger partial charge is 0.454 e. The Hall–Kier alpha value is -1.26. The summed E-state index contributed by atoms with van der Waals surface area (Å²) in [6.07, 6.45) is 3.23. The van der Waals surface area contributed by atoms with Crippen LogP contribution in [0.4, 0.5) is 0 Å². The number of nitrogens with one attached hydrogen (secondary N) is 1. The first-order chi connectivity index (χ1) is 8.75. The molecule has 0 amide bonds. The maximum absolute atomic E-state index is 5.70. The summed E-state index contributed by atoms with van der Waals surface area (Å²) in [5, 5.41) is 3.43. The topological polar surface area (TPSA) is 56.5 Å². The highest BCUT2D eigenvalue weighted by Gasteiger charge is 2.12. The van der Waals surface area contributed by atoms with Crippen LogP contribution >= 0.6 is 0 Å². The second kappa shape index (κ2) is 6.61. The summed E-state index contributed by atoms with van der Waals surface area (Å²) in [7, 11) is 0. The maximum Gasteiger partial charge on any atom is 0.231 e. The van der Waals surface area contributed by atoms with Crippen LogP contribution in [0.3, 0.4) is 0 Å². The molecule has 1 aromatic carbocycles. The van der Waals surface area contributed by atoms with Crippen molar-refractivity contribution in [2.75, 3.05) is 19.9 Å². The van der Waals surface area contributed by atoms with Crippen LogP contribution in [0.1, 0.15) is 25.3 Å². The van der Waals surface area contributed by atoms with Crippen LogP contribution in [-0.2, 0) is 6.42 Å². The summed E-state index contributed by atoms with van der Waals surface area (Å²) in [4.78, 5) is 0. The van der Waals surface area contributed by atoms with E-state index in [1.165, 1.54) is 5.56 Å². The van der Waals surface area contributed by atoms with E-state index < -0.39 is 0 Å². The summed E-state index contributed by atoms with van der Waals surface area (Å²) < 4.78 is 10.6. The van der Waals surface area contributed by atoms with E-state index in [1.807, 2.05) is 13.0 Å². The van der Waals surface area contributed by atoms with Gasteiger partial charge in [0.1, 0.15) is 0 Å². The van der Waals surface area contributed by atoms with Gasteiger partial charge in [0.25, 0.3) is 0 Å². The van der Waals surface area contributed by atoms with Gasteiger partial charge in [-0.15, -0.1) is 0 Å². The molecule has 0 saturated carbocycles. The van der Waals surface area contributed by atoms with E-state index in [0.717, 1.165) is 43.9 Å². The number of hydrogen-bond acceptors (Lipinski definition) is 4. The summed E-state index contributed by atoms with van der Waals surface area (Å²) in [6, 6.07) is 6.44. The third-order valence-electron chi connectivity index (χ3n) is 3.04. The quantitative estimate of drug-likeness (QED) is 0.723. The van der Waals surface area contributed by atoms with Gasteiger partial charge in [-0.1, -0.05) is 6.07 Å². The van der Waals surface area contributed by atoms with Crippen LogP contribution in [0.15, 0.2) is 18.2 Å². The minimum absolute atomic E-state index is 0.306. The average molecular weight is 250 g/mol. The van der Waals surface area contributed by atoms with Crippen molar-refractivity contribution < 1.29 is 9.47 Å². The zero-order valence-electron chi connectivity index (χ0n) is 10.9. The molecule has 2 rings (SSSR count). The Morgan fingerprint density at radius 2 is 2.11 bits per heavy atom. The second-order valence-corrected chi connectivity index (χ2v) is 4.81. The van der Waals surface area contributed by atoms with Crippen molar-refractivity contribution in [2.24, 2.45) is 5.73 Å². The first-order valence-corrected chi connectivity index (χ1v) is 6.60. The van der Waals surface area contributed by atoms with Crippen molar-refractivity contribution in [1.82, 2.24) is 5.32 Å². The van der Waals surface area contributed by atoms with Gasteiger partial charge in [-0.25, -0.2) is 0 Å². The first kappa shape index (κ1) is 13.2. The summed E-state index contributed by atoms with van der Waals surface area (Å²) >= 11 is 0. The second-order valence-electron chi connectivity index (χ2n) is 4.81. The normalized spacial score (nSPS) is 14.8. The summed E-state index contributed by atoms with van der Waals surface area (Å²) in [5.41, 5.74) is 6.97. The van der Waals surface area contributed by atoms with Gasteiger partial charge in [0.15, 0.2) is 11.5 Å². The molecule has 0 spiro atoms. The Morgan fingerprint density at radius 1 is 1.28 bits per heavy atom. The molecule has 1 atom stereocenters. The van der Waals surface area contributed by atoms with Crippen molar-refractivity contribution in [3.05, 3.63) is 23.8 Å². The highest BCUT2D eigenvalue weighted by atomic mass is 16.7. The van der Waals surface area contributed by atoms with Crippen molar-refractivity contribution >= 4 is 0 Å². The first-order valence-electron chi connectivity index (χ1n) is 6.60. The molecule has 1 aliphatic heterocycles. The monoisotopic (exact) mass is 250 g/mol. The molecule has 0 aliphatic carbocycles. The van der Waals surface area contributed by atoms with E-state index in [4.69, 9.17) is 15.2 Å². The fourth-order valence-electron chi connectivity index (χ4n) is 2.00. The van der Waals surface area contributed by atoms with E-state index in [1.54, 1.807) is 0 Å². The maximum atomic E-state index is 5.70. The number of ether oxygens (including phenoxy) is 2. The molecular formula is C14H22N2O2. The minimum Gasteiger partial charge on any atom is -0.454 e. The van der Waals surface area contributed by atoms with Crippen molar-refractivity contribution in [1.29, 1.82) is 0 Å². The standard InChI is InChI=1S/C14H22N2O2/c1-11(15)3-2-7-16-8-6-12-4-5-13-14(9-12)18-10-17-13/h4-5,9,11,16H,2-3,6-8,10,15H2,1H3. The van der Waals surface area contributed by atoms with Crippen molar-refractivity contribution in [3.8, 4) is 11.5 Å². The number of nitrogens with two attached hydrogens (primary N) is 1. The Morgan fingerprint density at radius 3 is 2.94 bits per heavy atom. The average Bonchev–Trinajstić information content (AvgIpc) is 2.80. The molecule has 1 aromatic rings. The molecule has 0 bridgehead atoms. The predicted octanol–water partition coefficient (Wildman–Crippen LogP) is 1.67. The number of benzene rings is 1. The zero-order valence-corrected chi connectivity index (χ0v) is 10.9. The molecule has 0 radical (unpaired) electrons. The lowest BCUT2D eigenvalue weighted by Crippen LogP contribution is -2.21. The fourth-order valence-corrected chi connectivity index (χ4v) is 2.00. The van der Waals surface area contributed by atoms with Crippen molar-refractivity contribution in [2.45, 2.75) is 32.2 Å². The molecule has 0 fully saturated rings. The van der Waals surface area contributed by atoms with Crippen LogP contribution < -0.4 is 20.5 Å². The van der Waals surface area contributed by atoms with E-state index >= 15 is 0 Å². The SMILES string of the molecule is CC(N)CCCNCCc1ccc2c(c1)OCO2. The number of hydrogen-bond donors (Lipinski definition) is 2. The number of fused-ring (bicyclic) bond motifs is 1. The molecule has 3 N–H and O–H groups in total. The van der Waals surface area contributed by atoms with Gasteiger partial charge < -0.3 is 20.5 Å². The molecule has 18 heavy (non-hydrogen) atoms. The third-order valence-corrected chi connectivity index (χ3v) is 3.04. The molecule has 4 heteroatoms. The van der Waals surface area contributed by atoms with Crippen LogP contribution in [-0.4, -0.2) is 25.9 Å². The number of rotatable bonds is 7. The van der Waals surface area contributed by atoms with Gasteiger partial charge in [0, 0.05) is 6.04 Å². The van der Waals surface area contributed by atoms with Gasteiger partial charge in [-0.05, 0) is 57.0 Å². The highest BCUT2D eigenvalue weighted by molar-refractivity contribution is 5.44. The molecule has 1 heterocycles. The van der Waals surface area contributed by atoms with E-state index in [9.17, 15) is 0 Å². The van der Waals surface area contributed by atoms with Crippen LogP contribution in [0.25, 0.3) is 0 Å². The smallest absolute Gasteiger partial charge is 0.231 e. The van der Waals surface area contributed by atoms with E-state index in [0.29, 0.717) is 12.8 Å². The van der Waals surface area contributed by atoms with Gasteiger partial charge >= 0.3 is 0 Å². The lowest BCUT2D eigenvalue weighted by molar-refractivity contribution is 0.174. The van der Waals surface area contributed by atoms with Crippen LogP contribution in [0, 0.1) is 0 Å². The van der Waals surface area contributed by atoms with Crippen LogP contribution in [0.2, 0.25) is 0 Å². The van der Waals surface area contributed by atoms with Crippen LogP contribution in [0.5, 0.6) is 11.5 Å². The summed E-state index contributed by atoms with van der Waals surface area (Å²) in [6.45, 7) is 4.41. The Kier molecular flexibility index (Phi) is 4.84. The molecule has 1 aliphatic rings. The Balaban J connectivity index is 1.65. The highest BCUT2D eigenvalue weighted by Crippen LogP contribution is 2.32. The zero-order chi connectivity index (χ0) is 12.8. The van der Waals surface area contributed by atoms with Crippen molar-refractivity contribution in [3.63, 3.8) is 0 Å². The van der Waals surface area contributed by atoms with Gasteiger partial charge in [0.05, 0.1) is 0 Å². The third kappa shape index (κ3) is 3.89.